The van der Waals surface area contributed by atoms with E-state index in [9.17, 15) is 19.8 Å². The number of rotatable bonds is 9. The van der Waals surface area contributed by atoms with E-state index >= 15 is 0 Å². The highest BCUT2D eigenvalue weighted by Crippen LogP contribution is 2.26. The fraction of sp³-hybridized carbons (Fsp3) is 0.409. The third kappa shape index (κ3) is 4.84. The molecule has 2 heterocycles. The number of ether oxygens (including phenoxy) is 1. The summed E-state index contributed by atoms with van der Waals surface area (Å²) in [6, 6.07) is 6.50. The Balaban J connectivity index is 2.01. The molecule has 9 nitrogen and oxygen atoms in total. The van der Waals surface area contributed by atoms with Crippen molar-refractivity contribution in [1.82, 2.24) is 19.4 Å². The number of carboxylic acid groups (broad SMARTS) is 1. The molecule has 0 unspecified atom stereocenters. The first-order valence-corrected chi connectivity index (χ1v) is 10.0. The van der Waals surface area contributed by atoms with E-state index in [2.05, 4.69) is 5.32 Å². The summed E-state index contributed by atoms with van der Waals surface area (Å²) in [5.74, 6) is -0.379. The number of aliphatic carboxylic acids is 1. The normalized spacial score (nSPS) is 13.5. The van der Waals surface area contributed by atoms with Gasteiger partial charge in [-0.05, 0) is 37.6 Å². The van der Waals surface area contributed by atoms with Gasteiger partial charge in [-0.1, -0.05) is 6.07 Å². The van der Waals surface area contributed by atoms with Crippen molar-refractivity contribution in [3.05, 3.63) is 51.9 Å². The summed E-state index contributed by atoms with van der Waals surface area (Å²) in [6.45, 7) is 4.58. The highest BCUT2D eigenvalue weighted by Gasteiger charge is 2.22. The fourth-order valence-corrected chi connectivity index (χ4v) is 3.61. The maximum atomic E-state index is 12.1. The lowest BCUT2D eigenvalue weighted by Gasteiger charge is -2.17. The molecule has 0 aliphatic rings. The monoisotopic (exact) mass is 428 g/mol. The van der Waals surface area contributed by atoms with Gasteiger partial charge in [-0.3, -0.25) is 14.9 Å². The summed E-state index contributed by atoms with van der Waals surface area (Å²) in [5.41, 5.74) is 3.91. The molecular formula is C22H28N4O5. The van der Waals surface area contributed by atoms with E-state index in [1.807, 2.05) is 28.8 Å². The number of benzene rings is 1. The lowest BCUT2D eigenvalue weighted by atomic mass is 10.1. The smallest absolute Gasteiger partial charge is 0.323 e. The number of fused-ring (bicyclic) bond motifs is 1. The SMILES string of the molecule is COCCn1c(-c2cc(C)c(=O)n(C)c2)nc2cc(CN[C@@H](C(=O)O)[C@@H](C)O)ccc21. The maximum absolute atomic E-state index is 12.1. The van der Waals surface area contributed by atoms with E-state index in [-0.39, 0.29) is 12.1 Å². The minimum absolute atomic E-state index is 0.0530. The third-order valence-electron chi connectivity index (χ3n) is 5.23. The molecule has 3 aromatic rings. The fourth-order valence-electron chi connectivity index (χ4n) is 3.61. The molecule has 0 aliphatic heterocycles. The van der Waals surface area contributed by atoms with Crippen molar-refractivity contribution < 1.29 is 19.7 Å². The van der Waals surface area contributed by atoms with Crippen LogP contribution in [0.5, 0.6) is 0 Å². The quantitative estimate of drug-likeness (QED) is 0.470. The van der Waals surface area contributed by atoms with Crippen molar-refractivity contribution in [3.8, 4) is 11.4 Å². The summed E-state index contributed by atoms with van der Waals surface area (Å²) in [5, 5.41) is 21.7. The first-order valence-electron chi connectivity index (χ1n) is 10.0. The number of hydrogen-bond donors (Lipinski definition) is 3. The number of imidazole rings is 1. The topological polar surface area (TPSA) is 119 Å². The molecule has 3 N–H and O–H groups in total. The van der Waals surface area contributed by atoms with Crippen molar-refractivity contribution in [2.45, 2.75) is 39.1 Å². The molecule has 2 atom stereocenters. The maximum Gasteiger partial charge on any atom is 0.323 e. The molecule has 0 spiro atoms. The summed E-state index contributed by atoms with van der Waals surface area (Å²) in [7, 11) is 3.35. The molecular weight excluding hydrogens is 400 g/mol. The van der Waals surface area contributed by atoms with Gasteiger partial charge in [0, 0.05) is 44.6 Å². The van der Waals surface area contributed by atoms with Crippen LogP contribution < -0.4 is 10.9 Å². The second-order valence-electron chi connectivity index (χ2n) is 7.67. The first kappa shape index (κ1) is 22.7. The number of carboxylic acids is 1. The molecule has 0 fully saturated rings. The lowest BCUT2D eigenvalue weighted by molar-refractivity contribution is -0.142. The molecule has 2 aromatic heterocycles. The Kier molecular flexibility index (Phi) is 6.89. The molecule has 0 radical (unpaired) electrons. The summed E-state index contributed by atoms with van der Waals surface area (Å²) < 4.78 is 8.85. The Morgan fingerprint density at radius 3 is 2.68 bits per heavy atom. The molecule has 0 saturated carbocycles. The minimum atomic E-state index is -1.10. The molecule has 0 bridgehead atoms. The zero-order valence-electron chi connectivity index (χ0n) is 18.1. The first-order chi connectivity index (χ1) is 14.7. The van der Waals surface area contributed by atoms with Crippen molar-refractivity contribution in [2.75, 3.05) is 13.7 Å². The van der Waals surface area contributed by atoms with Gasteiger partial charge in [-0.15, -0.1) is 0 Å². The van der Waals surface area contributed by atoms with Crippen LogP contribution in [-0.4, -0.2) is 56.2 Å². The Morgan fingerprint density at radius 1 is 1.32 bits per heavy atom. The lowest BCUT2D eigenvalue weighted by Crippen LogP contribution is -2.44. The summed E-state index contributed by atoms with van der Waals surface area (Å²) in [6.07, 6.45) is 0.747. The summed E-state index contributed by atoms with van der Waals surface area (Å²) >= 11 is 0. The Hall–Kier alpha value is -3.01. The molecule has 0 aliphatic carbocycles. The number of hydrogen-bond acceptors (Lipinski definition) is 6. The average molecular weight is 428 g/mol. The van der Waals surface area contributed by atoms with Gasteiger partial charge < -0.3 is 24.1 Å². The molecule has 9 heteroatoms. The van der Waals surface area contributed by atoms with Crippen LogP contribution in [0.2, 0.25) is 0 Å². The zero-order valence-corrected chi connectivity index (χ0v) is 18.1. The number of carbonyl (C=O) groups is 1. The van der Waals surface area contributed by atoms with Gasteiger partial charge in [0.15, 0.2) is 0 Å². The minimum Gasteiger partial charge on any atom is -0.480 e. The van der Waals surface area contributed by atoms with Gasteiger partial charge in [0.05, 0.1) is 23.7 Å². The van der Waals surface area contributed by atoms with Crippen molar-refractivity contribution in [2.24, 2.45) is 7.05 Å². The number of methoxy groups -OCH3 is 1. The van der Waals surface area contributed by atoms with E-state index in [0.717, 1.165) is 28.0 Å². The largest absolute Gasteiger partial charge is 0.480 e. The zero-order chi connectivity index (χ0) is 22.7. The van der Waals surface area contributed by atoms with E-state index in [4.69, 9.17) is 9.72 Å². The van der Waals surface area contributed by atoms with Gasteiger partial charge in [0.1, 0.15) is 11.9 Å². The van der Waals surface area contributed by atoms with Crippen LogP contribution in [0.25, 0.3) is 22.4 Å². The predicted molar refractivity (Wildman–Crippen MR) is 117 cm³/mol. The highest BCUT2D eigenvalue weighted by molar-refractivity contribution is 5.81. The third-order valence-corrected chi connectivity index (χ3v) is 5.23. The number of aromatic nitrogens is 3. The van der Waals surface area contributed by atoms with Crippen LogP contribution >= 0.6 is 0 Å². The summed E-state index contributed by atoms with van der Waals surface area (Å²) in [4.78, 5) is 28.2. The Morgan fingerprint density at radius 2 is 2.06 bits per heavy atom. The van der Waals surface area contributed by atoms with E-state index < -0.39 is 18.1 Å². The number of pyridine rings is 1. The molecule has 0 saturated heterocycles. The van der Waals surface area contributed by atoms with Crippen LogP contribution in [0, 0.1) is 6.92 Å². The number of aliphatic hydroxyl groups is 1. The Labute approximate surface area is 179 Å². The van der Waals surface area contributed by atoms with Gasteiger partial charge in [0.25, 0.3) is 5.56 Å². The molecule has 0 amide bonds. The predicted octanol–water partition coefficient (Wildman–Crippen LogP) is 1.28. The molecule has 3 rings (SSSR count). The average Bonchev–Trinajstić information content (AvgIpc) is 3.07. The van der Waals surface area contributed by atoms with Gasteiger partial charge in [-0.25, -0.2) is 4.98 Å². The standard InChI is InChI=1S/C22H28N4O5/c1-13-9-16(12-25(3)21(13)28)20-24-17-10-15(11-23-19(14(2)27)22(29)30)5-6-18(17)26(20)7-8-31-4/h5-6,9-10,12,14,19,23,27H,7-8,11H2,1-4H3,(H,29,30)/t14-,19-/m1/s1. The number of nitrogens with one attached hydrogen (secondary N) is 1. The van der Waals surface area contributed by atoms with Crippen LogP contribution in [0.4, 0.5) is 0 Å². The van der Waals surface area contributed by atoms with Crippen LogP contribution in [0.3, 0.4) is 0 Å². The Bertz CT molecular complexity index is 1120. The molecule has 1 aromatic carbocycles. The van der Waals surface area contributed by atoms with Crippen molar-refractivity contribution >= 4 is 17.0 Å². The van der Waals surface area contributed by atoms with Crippen molar-refractivity contribution in [3.63, 3.8) is 0 Å². The van der Waals surface area contributed by atoms with Gasteiger partial charge in [-0.2, -0.15) is 0 Å². The van der Waals surface area contributed by atoms with E-state index in [0.29, 0.717) is 18.7 Å². The number of nitrogens with zero attached hydrogens (tertiary/aromatic N) is 3. The number of aryl methyl sites for hydroxylation is 2. The van der Waals surface area contributed by atoms with Crippen molar-refractivity contribution in [1.29, 1.82) is 0 Å². The second-order valence-corrected chi connectivity index (χ2v) is 7.67. The van der Waals surface area contributed by atoms with E-state index in [1.54, 1.807) is 31.8 Å². The van der Waals surface area contributed by atoms with Gasteiger partial charge in [0.2, 0.25) is 0 Å². The van der Waals surface area contributed by atoms with Crippen LogP contribution in [0.1, 0.15) is 18.1 Å². The highest BCUT2D eigenvalue weighted by atomic mass is 16.5. The number of aliphatic hydroxyl groups excluding tert-OH is 1. The van der Waals surface area contributed by atoms with E-state index in [1.165, 1.54) is 6.92 Å². The van der Waals surface area contributed by atoms with Gasteiger partial charge >= 0.3 is 5.97 Å². The van der Waals surface area contributed by atoms with Crippen LogP contribution in [0.15, 0.2) is 35.3 Å². The second kappa shape index (κ2) is 9.42. The molecule has 166 valence electrons. The molecule has 31 heavy (non-hydrogen) atoms. The van der Waals surface area contributed by atoms with Crippen LogP contribution in [-0.2, 0) is 29.7 Å².